The van der Waals surface area contributed by atoms with Gasteiger partial charge in [-0.2, -0.15) is 0 Å². The number of nitrogens with two attached hydrogens (primary N) is 1. The number of fused-ring (bicyclic) bond motifs is 3. The van der Waals surface area contributed by atoms with Gasteiger partial charge < -0.3 is 20.5 Å². The van der Waals surface area contributed by atoms with Gasteiger partial charge in [0.1, 0.15) is 17.8 Å². The predicted molar refractivity (Wildman–Crippen MR) is 88.9 cm³/mol. The van der Waals surface area contributed by atoms with E-state index in [1.54, 1.807) is 13.3 Å². The number of methoxy groups -OCH3 is 1. The number of aromatic nitrogens is 2. The largest absolute Gasteiger partial charge is 0.488 e. The molecule has 1 aliphatic carbocycles. The third-order valence-corrected chi connectivity index (χ3v) is 5.00. The van der Waals surface area contributed by atoms with Crippen LogP contribution in [-0.2, 0) is 0 Å². The van der Waals surface area contributed by atoms with Crippen LogP contribution in [0, 0.1) is 5.92 Å². The van der Waals surface area contributed by atoms with E-state index in [4.69, 9.17) is 15.2 Å². The number of nitrogens with one attached hydrogen (secondary N) is 1. The second kappa shape index (κ2) is 5.85. The monoisotopic (exact) mass is 314 g/mol. The first kappa shape index (κ1) is 14.5. The highest BCUT2D eigenvalue weighted by molar-refractivity contribution is 5.91. The molecule has 0 saturated heterocycles. The lowest BCUT2D eigenvalue weighted by molar-refractivity contribution is 0.207. The van der Waals surface area contributed by atoms with Crippen molar-refractivity contribution in [2.45, 2.75) is 37.8 Å². The molecule has 4 rings (SSSR count). The summed E-state index contributed by atoms with van der Waals surface area (Å²) in [4.78, 5) is 8.97. The fourth-order valence-electron chi connectivity index (χ4n) is 3.60. The summed E-state index contributed by atoms with van der Waals surface area (Å²) in [6, 6.07) is 4.41. The summed E-state index contributed by atoms with van der Waals surface area (Å²) < 4.78 is 11.2. The number of ether oxygens (including phenoxy) is 2. The predicted octanol–water partition coefficient (Wildman–Crippen LogP) is 2.33. The molecule has 0 aromatic carbocycles. The molecule has 2 aliphatic rings. The van der Waals surface area contributed by atoms with Gasteiger partial charge in [0, 0.05) is 12.1 Å². The van der Waals surface area contributed by atoms with E-state index in [-0.39, 0.29) is 0 Å². The van der Waals surface area contributed by atoms with Crippen LogP contribution in [0.3, 0.4) is 0 Å². The molecule has 0 amide bonds. The summed E-state index contributed by atoms with van der Waals surface area (Å²) in [6.45, 7) is 0.671. The molecule has 2 aromatic heterocycles. The summed E-state index contributed by atoms with van der Waals surface area (Å²) in [5.74, 6) is 1.94. The first-order valence-electron chi connectivity index (χ1n) is 8.23. The minimum Gasteiger partial charge on any atom is -0.488 e. The van der Waals surface area contributed by atoms with Gasteiger partial charge in [0.15, 0.2) is 5.75 Å². The maximum absolute atomic E-state index is 6.03. The van der Waals surface area contributed by atoms with Crippen LogP contribution in [0.1, 0.15) is 25.7 Å². The van der Waals surface area contributed by atoms with Crippen molar-refractivity contribution in [3.05, 3.63) is 18.3 Å². The van der Waals surface area contributed by atoms with Gasteiger partial charge in [-0.25, -0.2) is 4.98 Å². The maximum Gasteiger partial charge on any atom is 0.213 e. The maximum atomic E-state index is 6.03. The first-order valence-corrected chi connectivity index (χ1v) is 8.23. The van der Waals surface area contributed by atoms with E-state index < -0.39 is 0 Å². The van der Waals surface area contributed by atoms with E-state index in [0.29, 0.717) is 30.5 Å². The lowest BCUT2D eigenvalue weighted by atomic mass is 9.81. The zero-order valence-electron chi connectivity index (χ0n) is 13.3. The molecular formula is C17H22N4O2. The summed E-state index contributed by atoms with van der Waals surface area (Å²) in [7, 11) is 1.62. The number of nitrogens with zero attached hydrogens (tertiary/aromatic N) is 2. The third-order valence-electron chi connectivity index (χ3n) is 5.00. The summed E-state index contributed by atoms with van der Waals surface area (Å²) in [5, 5.41) is 3.65. The fourth-order valence-corrected chi connectivity index (χ4v) is 3.60. The van der Waals surface area contributed by atoms with Crippen LogP contribution in [0.5, 0.6) is 11.6 Å². The van der Waals surface area contributed by atoms with Crippen LogP contribution in [0.25, 0.3) is 11.0 Å². The Kier molecular flexibility index (Phi) is 3.69. The van der Waals surface area contributed by atoms with Gasteiger partial charge in [-0.15, -0.1) is 0 Å². The SMILES string of the molecule is COc1ccc2ncc3c(c2n1)N[C@@H](C1CCC(N)CC1)CO3. The quantitative estimate of drug-likeness (QED) is 0.885. The molecule has 0 unspecified atom stereocenters. The highest BCUT2D eigenvalue weighted by Crippen LogP contribution is 2.38. The van der Waals surface area contributed by atoms with Crippen LogP contribution in [0.4, 0.5) is 5.69 Å². The zero-order chi connectivity index (χ0) is 15.8. The zero-order valence-corrected chi connectivity index (χ0v) is 13.3. The molecule has 1 atom stereocenters. The number of rotatable bonds is 2. The molecule has 0 spiro atoms. The number of anilines is 1. The van der Waals surface area contributed by atoms with Crippen molar-refractivity contribution in [2.75, 3.05) is 19.0 Å². The topological polar surface area (TPSA) is 82.3 Å². The lowest BCUT2D eigenvalue weighted by Gasteiger charge is -2.36. The smallest absolute Gasteiger partial charge is 0.213 e. The van der Waals surface area contributed by atoms with Crippen LogP contribution in [0.15, 0.2) is 18.3 Å². The van der Waals surface area contributed by atoms with Gasteiger partial charge in [0.2, 0.25) is 5.88 Å². The van der Waals surface area contributed by atoms with Gasteiger partial charge >= 0.3 is 0 Å². The summed E-state index contributed by atoms with van der Waals surface area (Å²) >= 11 is 0. The highest BCUT2D eigenvalue weighted by atomic mass is 16.5. The van der Waals surface area contributed by atoms with Crippen molar-refractivity contribution >= 4 is 16.7 Å². The van der Waals surface area contributed by atoms with Crippen molar-refractivity contribution in [3.8, 4) is 11.6 Å². The fraction of sp³-hybridized carbons (Fsp3) is 0.529. The first-order chi connectivity index (χ1) is 11.2. The van der Waals surface area contributed by atoms with Crippen molar-refractivity contribution in [1.82, 2.24) is 9.97 Å². The Morgan fingerprint density at radius 2 is 2.09 bits per heavy atom. The van der Waals surface area contributed by atoms with Gasteiger partial charge in [-0.3, -0.25) is 4.98 Å². The van der Waals surface area contributed by atoms with Gasteiger partial charge in [0.25, 0.3) is 0 Å². The Balaban J connectivity index is 1.65. The molecule has 1 fully saturated rings. The van der Waals surface area contributed by atoms with Gasteiger partial charge in [-0.05, 0) is 37.7 Å². The molecule has 6 heteroatoms. The molecule has 2 aromatic rings. The normalized spacial score (nSPS) is 27.0. The molecule has 1 saturated carbocycles. The molecular weight excluding hydrogens is 292 g/mol. The van der Waals surface area contributed by atoms with Gasteiger partial charge in [-0.1, -0.05) is 0 Å². The third kappa shape index (κ3) is 2.67. The van der Waals surface area contributed by atoms with E-state index in [1.165, 1.54) is 0 Å². The van der Waals surface area contributed by atoms with Gasteiger partial charge in [0.05, 0.1) is 24.9 Å². The Labute approximate surface area is 135 Å². The second-order valence-corrected chi connectivity index (χ2v) is 6.46. The van der Waals surface area contributed by atoms with E-state index in [1.807, 2.05) is 12.1 Å². The van der Waals surface area contributed by atoms with Crippen molar-refractivity contribution < 1.29 is 9.47 Å². The molecule has 0 bridgehead atoms. The number of pyridine rings is 2. The van der Waals surface area contributed by atoms with Crippen LogP contribution in [0.2, 0.25) is 0 Å². The van der Waals surface area contributed by atoms with Crippen LogP contribution >= 0.6 is 0 Å². The van der Waals surface area contributed by atoms with Crippen LogP contribution in [-0.4, -0.2) is 35.8 Å². The van der Waals surface area contributed by atoms with Crippen molar-refractivity contribution in [3.63, 3.8) is 0 Å². The minimum atomic E-state index is 0.300. The molecule has 122 valence electrons. The minimum absolute atomic E-state index is 0.300. The average Bonchev–Trinajstić information content (AvgIpc) is 2.61. The summed E-state index contributed by atoms with van der Waals surface area (Å²) in [6.07, 6.45) is 6.26. The molecule has 1 aliphatic heterocycles. The highest BCUT2D eigenvalue weighted by Gasteiger charge is 2.31. The number of hydrogen-bond acceptors (Lipinski definition) is 6. The summed E-state index contributed by atoms with van der Waals surface area (Å²) in [5.41, 5.74) is 8.60. The van der Waals surface area contributed by atoms with Crippen molar-refractivity contribution in [1.29, 1.82) is 0 Å². The Bertz CT molecular complexity index is 708. The molecule has 0 radical (unpaired) electrons. The van der Waals surface area contributed by atoms with E-state index in [9.17, 15) is 0 Å². The molecule has 3 N–H and O–H groups in total. The molecule has 3 heterocycles. The molecule has 6 nitrogen and oxygen atoms in total. The second-order valence-electron chi connectivity index (χ2n) is 6.46. The Morgan fingerprint density at radius 3 is 2.87 bits per heavy atom. The Morgan fingerprint density at radius 1 is 1.26 bits per heavy atom. The lowest BCUT2D eigenvalue weighted by Crippen LogP contribution is -2.41. The Hall–Kier alpha value is -2.08. The molecule has 23 heavy (non-hydrogen) atoms. The average molecular weight is 314 g/mol. The number of hydrogen-bond donors (Lipinski definition) is 2. The van der Waals surface area contributed by atoms with E-state index in [0.717, 1.165) is 48.2 Å². The standard InChI is InChI=1S/C17H22N4O2/c1-22-15-7-6-12-16(21-15)17-14(8-19-12)23-9-13(20-17)10-2-4-11(18)5-3-10/h6-8,10-11,13,20H,2-5,9,18H2,1H3/t10?,11?,13-/m1/s1. The van der Waals surface area contributed by atoms with Crippen molar-refractivity contribution in [2.24, 2.45) is 11.7 Å². The van der Waals surface area contributed by atoms with E-state index in [2.05, 4.69) is 15.3 Å². The van der Waals surface area contributed by atoms with E-state index >= 15 is 0 Å². The van der Waals surface area contributed by atoms with Crippen LogP contribution < -0.4 is 20.5 Å².